The van der Waals surface area contributed by atoms with E-state index in [1.165, 1.54) is 12.1 Å². The number of nitrogens with zero attached hydrogens (tertiary/aromatic N) is 2. The highest BCUT2D eigenvalue weighted by molar-refractivity contribution is 7.86. The number of aryl methyl sites for hydroxylation is 1. The molecule has 0 heterocycles. The predicted molar refractivity (Wildman–Crippen MR) is 98.6 cm³/mol. The van der Waals surface area contributed by atoms with Crippen molar-refractivity contribution in [1.82, 2.24) is 0 Å². The standard InChI is InChI=1S/C18H15ClN2O4S/c1-2-11-9-15(17(10-14(11)19)26(23,24)25)20-21-18-13-6-4-3-5-12(13)7-8-16(18)22/h3-10,22H,2H2,1H3,(H,23,24,25)/p-1. The Bertz CT molecular complexity index is 1130. The molecule has 0 aliphatic heterocycles. The van der Waals surface area contributed by atoms with Crippen molar-refractivity contribution < 1.29 is 18.1 Å². The Hall–Kier alpha value is -2.48. The minimum absolute atomic E-state index is 0.108. The molecular weight excluding hydrogens is 376 g/mol. The Balaban J connectivity index is 2.19. The lowest BCUT2D eigenvalue weighted by molar-refractivity contribution is 0.463. The lowest BCUT2D eigenvalue weighted by atomic mass is 10.1. The molecule has 0 amide bonds. The summed E-state index contributed by atoms with van der Waals surface area (Å²) < 4.78 is 34.6. The molecule has 0 unspecified atom stereocenters. The van der Waals surface area contributed by atoms with Crippen molar-refractivity contribution in [3.8, 4) is 5.75 Å². The van der Waals surface area contributed by atoms with E-state index in [0.29, 0.717) is 17.4 Å². The van der Waals surface area contributed by atoms with Gasteiger partial charge in [-0.25, -0.2) is 8.42 Å². The van der Waals surface area contributed by atoms with E-state index in [1.807, 2.05) is 19.1 Å². The van der Waals surface area contributed by atoms with E-state index in [-0.39, 0.29) is 22.1 Å². The van der Waals surface area contributed by atoms with Gasteiger partial charge in [-0.3, -0.25) is 0 Å². The topological polar surface area (TPSA) is 102 Å². The van der Waals surface area contributed by atoms with E-state index in [4.69, 9.17) is 11.6 Å². The second-order valence-corrected chi connectivity index (χ2v) is 7.33. The van der Waals surface area contributed by atoms with Gasteiger partial charge >= 0.3 is 0 Å². The third-order valence-electron chi connectivity index (χ3n) is 3.92. The lowest BCUT2D eigenvalue weighted by Crippen LogP contribution is -2.00. The minimum Gasteiger partial charge on any atom is -0.744 e. The van der Waals surface area contributed by atoms with Crippen LogP contribution in [0.1, 0.15) is 12.5 Å². The van der Waals surface area contributed by atoms with Crippen LogP contribution in [0.2, 0.25) is 5.02 Å². The van der Waals surface area contributed by atoms with Crippen molar-refractivity contribution in [2.45, 2.75) is 18.2 Å². The summed E-state index contributed by atoms with van der Waals surface area (Å²) in [4.78, 5) is -0.553. The molecule has 8 heteroatoms. The predicted octanol–water partition coefficient (Wildman–Crippen LogP) is 5.08. The Morgan fingerprint density at radius 3 is 2.54 bits per heavy atom. The van der Waals surface area contributed by atoms with Gasteiger partial charge in [-0.05, 0) is 35.6 Å². The molecule has 0 aliphatic carbocycles. The van der Waals surface area contributed by atoms with E-state index in [9.17, 15) is 18.1 Å². The van der Waals surface area contributed by atoms with Crippen LogP contribution in [0, 0.1) is 0 Å². The monoisotopic (exact) mass is 389 g/mol. The van der Waals surface area contributed by atoms with Gasteiger partial charge < -0.3 is 9.66 Å². The summed E-state index contributed by atoms with van der Waals surface area (Å²) in [5.41, 5.74) is 0.703. The first kappa shape index (κ1) is 18.3. The number of fused-ring (bicyclic) bond motifs is 1. The van der Waals surface area contributed by atoms with Crippen LogP contribution in [0.4, 0.5) is 11.4 Å². The molecule has 0 atom stereocenters. The van der Waals surface area contributed by atoms with Crippen LogP contribution in [-0.4, -0.2) is 18.1 Å². The summed E-state index contributed by atoms with van der Waals surface area (Å²) >= 11 is 6.01. The zero-order chi connectivity index (χ0) is 18.9. The van der Waals surface area contributed by atoms with Crippen molar-refractivity contribution in [1.29, 1.82) is 0 Å². The van der Waals surface area contributed by atoms with Crippen LogP contribution in [0.3, 0.4) is 0 Å². The summed E-state index contributed by atoms with van der Waals surface area (Å²) in [6.45, 7) is 1.84. The first-order valence-electron chi connectivity index (χ1n) is 7.72. The number of phenolic OH excluding ortho intramolecular Hbond substituents is 1. The molecule has 6 nitrogen and oxygen atoms in total. The van der Waals surface area contributed by atoms with Crippen LogP contribution in [0.25, 0.3) is 10.8 Å². The first-order chi connectivity index (χ1) is 12.3. The fourth-order valence-corrected chi connectivity index (χ4v) is 3.57. The van der Waals surface area contributed by atoms with E-state index in [1.54, 1.807) is 18.2 Å². The Labute approximate surface area is 155 Å². The summed E-state index contributed by atoms with van der Waals surface area (Å²) in [7, 11) is -4.79. The smallest absolute Gasteiger partial charge is 0.143 e. The Morgan fingerprint density at radius 2 is 1.85 bits per heavy atom. The second kappa shape index (κ2) is 7.03. The molecule has 3 aromatic carbocycles. The largest absolute Gasteiger partial charge is 0.744 e. The van der Waals surface area contributed by atoms with Gasteiger partial charge in [0, 0.05) is 10.4 Å². The van der Waals surface area contributed by atoms with Gasteiger partial charge in [-0.15, -0.1) is 10.2 Å². The van der Waals surface area contributed by atoms with Crippen LogP contribution in [0.15, 0.2) is 63.7 Å². The Kier molecular flexibility index (Phi) is 4.95. The van der Waals surface area contributed by atoms with Gasteiger partial charge in [0.25, 0.3) is 0 Å². The van der Waals surface area contributed by atoms with Crippen molar-refractivity contribution in [2.75, 3.05) is 0 Å². The molecule has 0 bridgehead atoms. The number of rotatable bonds is 4. The van der Waals surface area contributed by atoms with Crippen LogP contribution >= 0.6 is 11.6 Å². The molecule has 0 aliphatic rings. The van der Waals surface area contributed by atoms with Gasteiger partial charge in [0.2, 0.25) is 0 Å². The zero-order valence-electron chi connectivity index (χ0n) is 13.7. The summed E-state index contributed by atoms with van der Waals surface area (Å²) in [5.74, 6) is -0.108. The van der Waals surface area contributed by atoms with Gasteiger partial charge in [0.15, 0.2) is 0 Å². The molecule has 134 valence electrons. The fraction of sp³-hybridized carbons (Fsp3) is 0.111. The number of hydrogen-bond donors (Lipinski definition) is 1. The molecule has 0 radical (unpaired) electrons. The van der Waals surface area contributed by atoms with Crippen LogP contribution < -0.4 is 0 Å². The quantitative estimate of drug-likeness (QED) is 0.496. The van der Waals surface area contributed by atoms with E-state index < -0.39 is 15.0 Å². The SMILES string of the molecule is CCc1cc(N=Nc2c(O)ccc3ccccc23)c(S(=O)(=O)[O-])cc1Cl. The molecule has 3 rings (SSSR count). The molecule has 0 aromatic heterocycles. The fourth-order valence-electron chi connectivity index (χ4n) is 2.59. The third kappa shape index (κ3) is 3.55. The van der Waals surface area contributed by atoms with Crippen molar-refractivity contribution >= 4 is 43.9 Å². The lowest BCUT2D eigenvalue weighted by Gasteiger charge is -2.12. The van der Waals surface area contributed by atoms with E-state index >= 15 is 0 Å². The number of phenols is 1. The number of azo groups is 1. The highest BCUT2D eigenvalue weighted by Gasteiger charge is 2.14. The normalized spacial score (nSPS) is 12.1. The average molecular weight is 390 g/mol. The zero-order valence-corrected chi connectivity index (χ0v) is 15.3. The van der Waals surface area contributed by atoms with Gasteiger partial charge in [-0.2, -0.15) is 0 Å². The third-order valence-corrected chi connectivity index (χ3v) is 5.13. The maximum absolute atomic E-state index is 11.5. The molecule has 0 fully saturated rings. The van der Waals surface area contributed by atoms with Crippen molar-refractivity contribution in [2.24, 2.45) is 10.2 Å². The maximum atomic E-state index is 11.5. The van der Waals surface area contributed by atoms with Gasteiger partial charge in [0.1, 0.15) is 27.2 Å². The average Bonchev–Trinajstić information content (AvgIpc) is 2.60. The van der Waals surface area contributed by atoms with E-state index in [0.717, 1.165) is 11.5 Å². The highest BCUT2D eigenvalue weighted by atomic mass is 35.5. The van der Waals surface area contributed by atoms with Crippen LogP contribution in [0.5, 0.6) is 5.75 Å². The number of aromatic hydroxyl groups is 1. The summed E-state index contributed by atoms with van der Waals surface area (Å²) in [6.07, 6.45) is 0.528. The molecular formula is C18H14ClN2O4S-. The number of halogens is 1. The van der Waals surface area contributed by atoms with Crippen LogP contribution in [-0.2, 0) is 16.5 Å². The first-order valence-corrected chi connectivity index (χ1v) is 9.50. The van der Waals surface area contributed by atoms with Gasteiger partial charge in [0.05, 0.1) is 4.90 Å². The molecule has 0 saturated heterocycles. The van der Waals surface area contributed by atoms with Crippen molar-refractivity contribution in [3.63, 3.8) is 0 Å². The Morgan fingerprint density at radius 1 is 1.12 bits per heavy atom. The number of benzene rings is 3. The molecule has 0 saturated carbocycles. The van der Waals surface area contributed by atoms with Gasteiger partial charge in [-0.1, -0.05) is 48.9 Å². The van der Waals surface area contributed by atoms with Crippen molar-refractivity contribution in [3.05, 3.63) is 59.1 Å². The minimum atomic E-state index is -4.79. The molecule has 1 N–H and O–H groups in total. The molecule has 3 aromatic rings. The highest BCUT2D eigenvalue weighted by Crippen LogP contribution is 2.37. The maximum Gasteiger partial charge on any atom is 0.143 e. The molecule has 26 heavy (non-hydrogen) atoms. The number of hydrogen-bond acceptors (Lipinski definition) is 6. The summed E-state index contributed by atoms with van der Waals surface area (Å²) in [6, 6.07) is 12.9. The molecule has 0 spiro atoms. The summed E-state index contributed by atoms with van der Waals surface area (Å²) in [5, 5.41) is 19.7. The van der Waals surface area contributed by atoms with E-state index in [2.05, 4.69) is 10.2 Å². The second-order valence-electron chi connectivity index (χ2n) is 5.57.